The van der Waals surface area contributed by atoms with E-state index in [0.717, 1.165) is 9.17 Å². The molecule has 7 rings (SSSR count). The highest BCUT2D eigenvalue weighted by Crippen LogP contribution is 2.46. The summed E-state index contributed by atoms with van der Waals surface area (Å²) in [6.45, 7) is 0. The normalized spacial score (nSPS) is 11.8. The number of halogens is 1. The average molecular weight is 476 g/mol. The van der Waals surface area contributed by atoms with Crippen molar-refractivity contribution in [3.8, 4) is 5.69 Å². The van der Waals surface area contributed by atoms with Gasteiger partial charge in [-0.3, -0.25) is 0 Å². The van der Waals surface area contributed by atoms with Crippen LogP contribution >= 0.6 is 27.3 Å². The number of aromatic nitrogens is 1. The molecule has 0 aliphatic rings. The molecule has 0 aliphatic heterocycles. The second-order valence-corrected chi connectivity index (χ2v) is 9.63. The Morgan fingerprint density at radius 3 is 2.52 bits per heavy atom. The van der Waals surface area contributed by atoms with Gasteiger partial charge in [0.1, 0.15) is 0 Å². The lowest BCUT2D eigenvalue weighted by Gasteiger charge is -2.12. The lowest BCUT2D eigenvalue weighted by molar-refractivity contribution is 1.21. The molecule has 31 heavy (non-hydrogen) atoms. The largest absolute Gasteiger partial charge is 0.307 e. The molecular weight excluding hydrogens is 462 g/mol. The van der Waals surface area contributed by atoms with E-state index < -0.39 is 0 Å². The topological polar surface area (TPSA) is 4.93 Å². The summed E-state index contributed by atoms with van der Waals surface area (Å²) < 4.78 is 5.99. The van der Waals surface area contributed by atoms with Gasteiger partial charge in [0, 0.05) is 31.4 Å². The zero-order chi connectivity index (χ0) is 20.5. The van der Waals surface area contributed by atoms with E-state index >= 15 is 0 Å². The van der Waals surface area contributed by atoms with Crippen LogP contribution in [0.2, 0.25) is 0 Å². The van der Waals surface area contributed by atoms with Gasteiger partial charge in [-0.25, -0.2) is 0 Å². The minimum absolute atomic E-state index is 1.13. The summed E-state index contributed by atoms with van der Waals surface area (Å²) >= 11 is 5.68. The summed E-state index contributed by atoms with van der Waals surface area (Å²) in [5.74, 6) is 0. The maximum atomic E-state index is 3.88. The SMILES string of the molecule is Brc1cc2c3ccccc3n(-c3cccc4ccccc34)c2c2sc3c#cccc3c12. The molecule has 0 amide bonds. The first-order valence-corrected chi connectivity index (χ1v) is 11.8. The lowest BCUT2D eigenvalue weighted by Crippen LogP contribution is -1.95. The fourth-order valence-electron chi connectivity index (χ4n) is 4.82. The average Bonchev–Trinajstić information content (AvgIpc) is 3.35. The molecule has 0 spiro atoms. The zero-order valence-electron chi connectivity index (χ0n) is 16.3. The van der Waals surface area contributed by atoms with Gasteiger partial charge >= 0.3 is 0 Å². The van der Waals surface area contributed by atoms with Gasteiger partial charge in [-0.2, -0.15) is 0 Å². The van der Waals surface area contributed by atoms with Crippen LogP contribution in [0, 0.1) is 12.1 Å². The maximum Gasteiger partial charge on any atom is 0.0858 e. The summed E-state index contributed by atoms with van der Waals surface area (Å²) in [6, 6.07) is 36.7. The quantitative estimate of drug-likeness (QED) is 0.223. The molecule has 0 bridgehead atoms. The van der Waals surface area contributed by atoms with Gasteiger partial charge in [0.25, 0.3) is 0 Å². The first-order chi connectivity index (χ1) is 15.3. The highest BCUT2D eigenvalue weighted by molar-refractivity contribution is 9.10. The maximum absolute atomic E-state index is 3.88. The predicted octanol–water partition coefficient (Wildman–Crippen LogP) is 8.67. The van der Waals surface area contributed by atoms with Gasteiger partial charge < -0.3 is 4.57 Å². The minimum atomic E-state index is 1.13. The number of rotatable bonds is 1. The molecule has 0 unspecified atom stereocenters. The van der Waals surface area contributed by atoms with Gasteiger partial charge in [0.2, 0.25) is 0 Å². The Kier molecular flexibility index (Phi) is 3.55. The van der Waals surface area contributed by atoms with Crippen LogP contribution in [0.1, 0.15) is 0 Å². The van der Waals surface area contributed by atoms with Crippen molar-refractivity contribution in [2.45, 2.75) is 0 Å². The number of thiophene rings is 1. The van der Waals surface area contributed by atoms with E-state index in [0.29, 0.717) is 0 Å². The van der Waals surface area contributed by atoms with Gasteiger partial charge in [0.05, 0.1) is 26.1 Å². The number of hydrogen-bond acceptors (Lipinski definition) is 1. The first-order valence-electron chi connectivity index (χ1n) is 10.2. The van der Waals surface area contributed by atoms with Crippen LogP contribution in [0.5, 0.6) is 0 Å². The van der Waals surface area contributed by atoms with E-state index in [2.05, 4.69) is 111 Å². The van der Waals surface area contributed by atoms with Crippen molar-refractivity contribution in [2.24, 2.45) is 0 Å². The lowest BCUT2D eigenvalue weighted by atomic mass is 10.1. The summed E-state index contributed by atoms with van der Waals surface area (Å²) in [6.07, 6.45) is 0. The van der Waals surface area contributed by atoms with Crippen LogP contribution in [0.15, 0.2) is 89.4 Å². The van der Waals surface area contributed by atoms with E-state index in [1.807, 2.05) is 6.07 Å². The van der Waals surface area contributed by atoms with Crippen molar-refractivity contribution in [2.75, 3.05) is 0 Å². The van der Waals surface area contributed by atoms with E-state index in [9.17, 15) is 0 Å². The molecule has 0 radical (unpaired) electrons. The van der Waals surface area contributed by atoms with E-state index in [4.69, 9.17) is 0 Å². The molecule has 0 saturated heterocycles. The van der Waals surface area contributed by atoms with Crippen LogP contribution in [0.3, 0.4) is 0 Å². The summed E-state index contributed by atoms with van der Waals surface area (Å²) in [4.78, 5) is 0. The van der Waals surface area contributed by atoms with Crippen LogP contribution in [0.4, 0.5) is 0 Å². The number of hydrogen-bond donors (Lipinski definition) is 0. The van der Waals surface area contributed by atoms with Gasteiger partial charge in [-0.1, -0.05) is 82.7 Å². The molecule has 0 aliphatic carbocycles. The third-order valence-corrected chi connectivity index (χ3v) is 7.86. The fourth-order valence-corrected chi connectivity index (χ4v) is 6.81. The van der Waals surface area contributed by atoms with Crippen LogP contribution in [0.25, 0.3) is 58.4 Å². The molecule has 0 atom stereocenters. The van der Waals surface area contributed by atoms with Gasteiger partial charge in [-0.15, -0.1) is 11.3 Å². The monoisotopic (exact) mass is 475 g/mol. The van der Waals surface area contributed by atoms with Gasteiger partial charge in [-0.05, 0) is 35.7 Å². The number of benzene rings is 4. The fraction of sp³-hybridized carbons (Fsp3) is 0. The van der Waals surface area contributed by atoms with E-state index in [1.165, 1.54) is 53.7 Å². The standard InChI is InChI=1S/C28H14BrNS/c29-22-16-21-19-11-3-5-13-24(19)30(23-14-7-9-17-8-1-2-10-18(17)23)27(21)28-26(22)20-12-4-6-15-25(20)31-28/h1-5,7-14,16H. The molecule has 0 saturated carbocycles. The van der Waals surface area contributed by atoms with E-state index in [-0.39, 0.29) is 0 Å². The van der Waals surface area contributed by atoms with Crippen molar-refractivity contribution in [3.63, 3.8) is 0 Å². The Morgan fingerprint density at radius 2 is 1.58 bits per heavy atom. The summed E-state index contributed by atoms with van der Waals surface area (Å²) in [7, 11) is 0. The van der Waals surface area contributed by atoms with Crippen molar-refractivity contribution < 1.29 is 0 Å². The molecule has 144 valence electrons. The van der Waals surface area contributed by atoms with Crippen molar-refractivity contribution >= 4 is 80.0 Å². The molecule has 5 aromatic carbocycles. The highest BCUT2D eigenvalue weighted by atomic mass is 79.9. The summed E-state index contributed by atoms with van der Waals surface area (Å²) in [5.41, 5.74) is 3.69. The molecule has 3 heteroatoms. The minimum Gasteiger partial charge on any atom is -0.307 e. The number of para-hydroxylation sites is 1. The Bertz CT molecular complexity index is 1800. The predicted molar refractivity (Wildman–Crippen MR) is 137 cm³/mol. The Balaban J connectivity index is 1.79. The van der Waals surface area contributed by atoms with Crippen molar-refractivity contribution in [3.05, 3.63) is 102 Å². The van der Waals surface area contributed by atoms with Crippen molar-refractivity contribution in [1.82, 2.24) is 4.57 Å². The summed E-state index contributed by atoms with van der Waals surface area (Å²) in [5, 5.41) is 7.51. The Morgan fingerprint density at radius 1 is 0.774 bits per heavy atom. The number of nitrogens with zero attached hydrogens (tertiary/aromatic N) is 1. The smallest absolute Gasteiger partial charge is 0.0858 e. The molecule has 1 nitrogen and oxygen atoms in total. The molecule has 7 aromatic rings. The zero-order valence-corrected chi connectivity index (χ0v) is 18.7. The van der Waals surface area contributed by atoms with Crippen LogP contribution < -0.4 is 0 Å². The van der Waals surface area contributed by atoms with Crippen molar-refractivity contribution in [1.29, 1.82) is 0 Å². The Hall–Kier alpha value is -3.32. The molecule has 2 aromatic heterocycles. The van der Waals surface area contributed by atoms with Gasteiger partial charge in [0.15, 0.2) is 0 Å². The first kappa shape index (κ1) is 17.4. The number of fused-ring (bicyclic) bond motifs is 8. The highest BCUT2D eigenvalue weighted by Gasteiger charge is 2.20. The molecule has 0 N–H and O–H groups in total. The molecular formula is C28H14BrNS. The van der Waals surface area contributed by atoms with Crippen LogP contribution in [-0.2, 0) is 0 Å². The second-order valence-electron chi connectivity index (χ2n) is 7.76. The Labute approximate surface area is 191 Å². The third kappa shape index (κ3) is 2.32. The van der Waals surface area contributed by atoms with E-state index in [1.54, 1.807) is 11.3 Å². The molecule has 0 fully saturated rings. The van der Waals surface area contributed by atoms with Crippen LogP contribution in [-0.4, -0.2) is 4.57 Å². The molecule has 2 heterocycles. The third-order valence-electron chi connectivity index (χ3n) is 6.11. The second kappa shape index (κ2) is 6.34.